The molecule has 6 nitrogen and oxygen atoms in total. The van der Waals surface area contributed by atoms with Gasteiger partial charge in [-0.1, -0.05) is 0 Å². The van der Waals surface area contributed by atoms with Gasteiger partial charge in [0.15, 0.2) is 0 Å². The molecule has 8 heteroatoms. The molecule has 20 heavy (non-hydrogen) atoms. The molecule has 1 unspecified atom stereocenters. The quantitative estimate of drug-likeness (QED) is 0.893. The summed E-state index contributed by atoms with van der Waals surface area (Å²) in [5, 5.41) is 0. The highest BCUT2D eigenvalue weighted by molar-refractivity contribution is 7.88. The van der Waals surface area contributed by atoms with E-state index >= 15 is 0 Å². The summed E-state index contributed by atoms with van der Waals surface area (Å²) in [6.45, 7) is 3.55. The molecule has 0 aromatic carbocycles. The average molecular weight is 317 g/mol. The molecule has 1 fully saturated rings. The highest BCUT2D eigenvalue weighted by atomic mass is 32.2. The van der Waals surface area contributed by atoms with Crippen molar-refractivity contribution in [3.8, 4) is 0 Å². The van der Waals surface area contributed by atoms with Gasteiger partial charge in [-0.15, -0.1) is 11.3 Å². The number of thiazole rings is 1. The van der Waals surface area contributed by atoms with Crippen LogP contribution in [-0.2, 0) is 10.0 Å². The number of carbonyl (C=O) groups excluding carboxylic acids is 1. The number of nitrogens with zero attached hydrogens (tertiary/aromatic N) is 2. The van der Waals surface area contributed by atoms with Gasteiger partial charge < -0.3 is 4.90 Å². The normalized spacial score (nSPS) is 20.1. The summed E-state index contributed by atoms with van der Waals surface area (Å²) in [5.74, 6) is 0.185. The van der Waals surface area contributed by atoms with Gasteiger partial charge >= 0.3 is 0 Å². The lowest BCUT2D eigenvalue weighted by atomic mass is 9.98. The Labute approximate surface area is 123 Å². The first-order chi connectivity index (χ1) is 9.37. The fraction of sp³-hybridized carbons (Fsp3) is 0.667. The third kappa shape index (κ3) is 4.00. The molecule has 0 radical (unpaired) electrons. The molecule has 1 N–H and O–H groups in total. The number of rotatable bonds is 4. The van der Waals surface area contributed by atoms with Gasteiger partial charge in [0.2, 0.25) is 10.0 Å². The van der Waals surface area contributed by atoms with Gasteiger partial charge in [0.05, 0.1) is 17.5 Å². The summed E-state index contributed by atoms with van der Waals surface area (Å²) in [6.07, 6.45) is 2.99. The van der Waals surface area contributed by atoms with E-state index in [2.05, 4.69) is 9.71 Å². The van der Waals surface area contributed by atoms with Crippen molar-refractivity contribution in [2.24, 2.45) is 5.92 Å². The molecule has 1 atom stereocenters. The largest absolute Gasteiger partial charge is 0.338 e. The predicted molar refractivity (Wildman–Crippen MR) is 78.3 cm³/mol. The van der Waals surface area contributed by atoms with E-state index in [9.17, 15) is 13.2 Å². The van der Waals surface area contributed by atoms with Crippen molar-refractivity contribution in [2.75, 3.05) is 25.9 Å². The minimum Gasteiger partial charge on any atom is -0.338 e. The van der Waals surface area contributed by atoms with Crippen LogP contribution in [-0.4, -0.2) is 50.1 Å². The van der Waals surface area contributed by atoms with Gasteiger partial charge in [0, 0.05) is 19.6 Å². The Morgan fingerprint density at radius 3 is 2.95 bits per heavy atom. The zero-order valence-electron chi connectivity index (χ0n) is 11.6. The maximum Gasteiger partial charge on any atom is 0.265 e. The van der Waals surface area contributed by atoms with Crippen LogP contribution >= 0.6 is 11.3 Å². The first kappa shape index (κ1) is 15.4. The van der Waals surface area contributed by atoms with Crippen molar-refractivity contribution in [1.82, 2.24) is 14.6 Å². The van der Waals surface area contributed by atoms with E-state index in [4.69, 9.17) is 0 Å². The fourth-order valence-electron chi connectivity index (χ4n) is 2.34. The molecule has 1 amide bonds. The number of amides is 1. The lowest BCUT2D eigenvalue weighted by molar-refractivity contribution is 0.0680. The van der Waals surface area contributed by atoms with Crippen molar-refractivity contribution in [3.63, 3.8) is 0 Å². The van der Waals surface area contributed by atoms with E-state index in [0.717, 1.165) is 31.3 Å². The third-order valence-corrected chi connectivity index (χ3v) is 4.99. The monoisotopic (exact) mass is 317 g/mol. The molecule has 1 aliphatic heterocycles. The first-order valence-electron chi connectivity index (χ1n) is 6.51. The SMILES string of the molecule is Cc1ncsc1C(=O)N1CCCC(CNS(C)(=O)=O)C1. The second-order valence-corrected chi connectivity index (χ2v) is 7.83. The topological polar surface area (TPSA) is 79.4 Å². The smallest absolute Gasteiger partial charge is 0.265 e. The fourth-order valence-corrected chi connectivity index (χ4v) is 3.64. The highest BCUT2D eigenvalue weighted by Crippen LogP contribution is 2.21. The van der Waals surface area contributed by atoms with Gasteiger partial charge in [-0.2, -0.15) is 0 Å². The number of hydrogen-bond acceptors (Lipinski definition) is 5. The molecule has 1 aromatic rings. The minimum atomic E-state index is -3.17. The molecule has 112 valence electrons. The van der Waals surface area contributed by atoms with E-state index in [1.165, 1.54) is 11.3 Å². The van der Waals surface area contributed by atoms with Gasteiger partial charge in [0.1, 0.15) is 4.88 Å². The molecular formula is C12H19N3O3S2. The Balaban J connectivity index is 1.97. The molecule has 0 spiro atoms. The number of carbonyl (C=O) groups is 1. The summed E-state index contributed by atoms with van der Waals surface area (Å²) in [7, 11) is -3.17. The first-order valence-corrected chi connectivity index (χ1v) is 9.28. The molecule has 0 saturated carbocycles. The Morgan fingerprint density at radius 1 is 1.60 bits per heavy atom. The summed E-state index contributed by atoms with van der Waals surface area (Å²) in [4.78, 5) is 19.0. The number of piperidine rings is 1. The molecule has 1 aromatic heterocycles. The Kier molecular flexibility index (Phi) is 4.77. The molecule has 2 rings (SSSR count). The molecule has 1 saturated heterocycles. The second-order valence-electron chi connectivity index (χ2n) is 5.15. The lowest BCUT2D eigenvalue weighted by Gasteiger charge is -2.32. The number of sulfonamides is 1. The third-order valence-electron chi connectivity index (χ3n) is 3.38. The molecular weight excluding hydrogens is 298 g/mol. The van der Waals surface area contributed by atoms with Gasteiger partial charge in [-0.3, -0.25) is 4.79 Å². The molecule has 2 heterocycles. The van der Waals surface area contributed by atoms with Crippen LogP contribution in [0.5, 0.6) is 0 Å². The number of nitrogens with one attached hydrogen (secondary N) is 1. The van der Waals surface area contributed by atoms with Crippen molar-refractivity contribution in [2.45, 2.75) is 19.8 Å². The van der Waals surface area contributed by atoms with E-state index in [0.29, 0.717) is 18.0 Å². The zero-order chi connectivity index (χ0) is 14.8. The zero-order valence-corrected chi connectivity index (χ0v) is 13.3. The van der Waals surface area contributed by atoms with E-state index in [1.54, 1.807) is 10.4 Å². The maximum atomic E-state index is 12.4. The summed E-state index contributed by atoms with van der Waals surface area (Å²) >= 11 is 1.36. The maximum absolute atomic E-state index is 12.4. The van der Waals surface area contributed by atoms with Gasteiger partial charge in [0.25, 0.3) is 5.91 Å². The van der Waals surface area contributed by atoms with Crippen LogP contribution in [0.3, 0.4) is 0 Å². The minimum absolute atomic E-state index is 0.00838. The Morgan fingerprint density at radius 2 is 2.35 bits per heavy atom. The van der Waals surface area contributed by atoms with E-state index in [1.807, 2.05) is 6.92 Å². The van der Waals surface area contributed by atoms with Gasteiger partial charge in [-0.05, 0) is 25.7 Å². The standard InChI is InChI=1S/C12H19N3O3S2/c1-9-11(19-8-13-9)12(16)15-5-3-4-10(7-15)6-14-20(2,17)18/h8,10,14H,3-7H2,1-2H3. The van der Waals surface area contributed by atoms with E-state index < -0.39 is 10.0 Å². The average Bonchev–Trinajstić information content (AvgIpc) is 2.81. The molecule has 1 aliphatic rings. The Bertz CT molecular complexity index is 583. The van der Waals surface area contributed by atoms with Gasteiger partial charge in [-0.25, -0.2) is 18.1 Å². The van der Waals surface area contributed by atoms with Crippen molar-refractivity contribution in [3.05, 3.63) is 16.1 Å². The summed E-state index contributed by atoms with van der Waals surface area (Å²) in [6, 6.07) is 0. The number of hydrogen-bond donors (Lipinski definition) is 1. The second kappa shape index (κ2) is 6.19. The van der Waals surface area contributed by atoms with Crippen LogP contribution in [0.25, 0.3) is 0 Å². The van der Waals surface area contributed by atoms with Crippen LogP contribution in [0.1, 0.15) is 28.2 Å². The van der Waals surface area contributed by atoms with Crippen molar-refractivity contribution < 1.29 is 13.2 Å². The summed E-state index contributed by atoms with van der Waals surface area (Å²) in [5.41, 5.74) is 2.44. The van der Waals surface area contributed by atoms with Crippen molar-refractivity contribution >= 4 is 27.3 Å². The van der Waals surface area contributed by atoms with Crippen LogP contribution < -0.4 is 4.72 Å². The van der Waals surface area contributed by atoms with E-state index in [-0.39, 0.29) is 11.8 Å². The Hall–Kier alpha value is -0.990. The van der Waals surface area contributed by atoms with Crippen molar-refractivity contribution in [1.29, 1.82) is 0 Å². The predicted octanol–water partition coefficient (Wildman–Crippen LogP) is 0.853. The molecule has 0 bridgehead atoms. The number of likely N-dealkylation sites (tertiary alicyclic amines) is 1. The van der Waals surface area contributed by atoms with Crippen LogP contribution in [0.4, 0.5) is 0 Å². The molecule has 0 aliphatic carbocycles. The van der Waals surface area contributed by atoms with Crippen LogP contribution in [0.15, 0.2) is 5.51 Å². The highest BCUT2D eigenvalue weighted by Gasteiger charge is 2.26. The summed E-state index contributed by atoms with van der Waals surface area (Å²) < 4.78 is 24.8. The lowest BCUT2D eigenvalue weighted by Crippen LogP contribution is -2.43. The van der Waals surface area contributed by atoms with Crippen LogP contribution in [0.2, 0.25) is 0 Å². The number of aryl methyl sites for hydroxylation is 1. The van der Waals surface area contributed by atoms with Crippen LogP contribution in [0, 0.1) is 12.8 Å². The number of aromatic nitrogens is 1.